The summed E-state index contributed by atoms with van der Waals surface area (Å²) in [5.74, 6) is 0.155. The number of aromatic nitrogens is 1. The Morgan fingerprint density at radius 2 is 2.25 bits per heavy atom. The van der Waals surface area contributed by atoms with Gasteiger partial charge in [-0.2, -0.15) is 4.39 Å². The minimum Gasteiger partial charge on any atom is -0.488 e. The molecule has 0 radical (unpaired) electrons. The number of hydrogen-bond acceptors (Lipinski definition) is 2. The summed E-state index contributed by atoms with van der Waals surface area (Å²) in [5, 5.41) is 0. The van der Waals surface area contributed by atoms with Gasteiger partial charge in [-0.3, -0.25) is 0 Å². The maximum Gasteiger partial charge on any atom is 0.214 e. The smallest absolute Gasteiger partial charge is 0.214 e. The van der Waals surface area contributed by atoms with Crippen LogP contribution in [0.3, 0.4) is 0 Å². The number of ether oxygens (including phenoxy) is 1. The Morgan fingerprint density at radius 3 is 2.75 bits per heavy atom. The summed E-state index contributed by atoms with van der Waals surface area (Å²) in [6.07, 6.45) is 1.49. The van der Waals surface area contributed by atoms with Gasteiger partial charge < -0.3 is 4.74 Å². The Labute approximate surface area is 84.3 Å². The zero-order valence-corrected chi connectivity index (χ0v) is 9.00. The van der Waals surface area contributed by atoms with Crippen molar-refractivity contribution in [3.63, 3.8) is 0 Å². The summed E-state index contributed by atoms with van der Waals surface area (Å²) in [4.78, 5) is 3.50. The second-order valence-corrected chi connectivity index (χ2v) is 3.77. The van der Waals surface area contributed by atoms with Gasteiger partial charge in [-0.05, 0) is 36.4 Å². The zero-order valence-electron chi connectivity index (χ0n) is 6.84. The summed E-state index contributed by atoms with van der Waals surface area (Å²) < 4.78 is 18.6. The second kappa shape index (κ2) is 4.02. The lowest BCUT2D eigenvalue weighted by atomic mass is 10.4. The normalized spacial score (nSPS) is 10.4. The molecule has 0 amide bonds. The van der Waals surface area contributed by atoms with Crippen molar-refractivity contribution in [1.29, 1.82) is 0 Å². The molecule has 1 aromatic rings. The first-order valence-corrected chi connectivity index (χ1v) is 4.65. The average Bonchev–Trinajstić information content (AvgIpc) is 1.94. The average molecular weight is 281 g/mol. The summed E-state index contributed by atoms with van der Waals surface area (Å²) >= 11 is 2.01. The summed E-state index contributed by atoms with van der Waals surface area (Å²) in [5.41, 5.74) is 0. The molecule has 0 bridgehead atoms. The first-order valence-electron chi connectivity index (χ1n) is 3.57. The van der Waals surface area contributed by atoms with Gasteiger partial charge in [0.15, 0.2) is 5.75 Å². The van der Waals surface area contributed by atoms with Crippen LogP contribution in [0, 0.1) is 9.52 Å². The van der Waals surface area contributed by atoms with Crippen molar-refractivity contribution in [2.24, 2.45) is 0 Å². The van der Waals surface area contributed by atoms with Crippen LogP contribution in [-0.4, -0.2) is 11.1 Å². The van der Waals surface area contributed by atoms with Crippen LogP contribution in [0.25, 0.3) is 0 Å². The highest BCUT2D eigenvalue weighted by Gasteiger charge is 2.04. The zero-order chi connectivity index (χ0) is 9.14. The first-order chi connectivity index (χ1) is 5.59. The molecular weight excluding hydrogens is 272 g/mol. The molecule has 0 aliphatic rings. The molecular formula is C8H9FINO. The Kier molecular flexibility index (Phi) is 3.25. The molecule has 0 saturated carbocycles. The third kappa shape index (κ3) is 2.58. The number of hydrogen-bond donors (Lipinski definition) is 0. The molecule has 0 aromatic carbocycles. The van der Waals surface area contributed by atoms with Gasteiger partial charge in [0.1, 0.15) is 0 Å². The molecule has 0 atom stereocenters. The van der Waals surface area contributed by atoms with Crippen LogP contribution in [0.1, 0.15) is 13.8 Å². The topological polar surface area (TPSA) is 22.1 Å². The maximum absolute atomic E-state index is 12.5. The summed E-state index contributed by atoms with van der Waals surface area (Å²) in [6, 6.07) is 1.35. The summed E-state index contributed by atoms with van der Waals surface area (Å²) in [7, 11) is 0. The quantitative estimate of drug-likeness (QED) is 0.614. The van der Waals surface area contributed by atoms with E-state index in [1.54, 1.807) is 0 Å². The van der Waals surface area contributed by atoms with E-state index < -0.39 is 5.95 Å². The number of pyridine rings is 1. The highest BCUT2D eigenvalue weighted by Crippen LogP contribution is 2.20. The molecule has 4 heteroatoms. The van der Waals surface area contributed by atoms with Crippen molar-refractivity contribution < 1.29 is 9.13 Å². The minimum atomic E-state index is -0.476. The predicted molar refractivity (Wildman–Crippen MR) is 52.7 cm³/mol. The van der Waals surface area contributed by atoms with Crippen molar-refractivity contribution in [1.82, 2.24) is 4.98 Å². The Hall–Kier alpha value is -0.390. The molecule has 0 aliphatic carbocycles. The number of halogens is 2. The Morgan fingerprint density at radius 1 is 1.58 bits per heavy atom. The third-order valence-electron chi connectivity index (χ3n) is 1.15. The van der Waals surface area contributed by atoms with Crippen LogP contribution >= 0.6 is 22.6 Å². The highest BCUT2D eigenvalue weighted by atomic mass is 127. The van der Waals surface area contributed by atoms with Gasteiger partial charge >= 0.3 is 0 Å². The molecule has 12 heavy (non-hydrogen) atoms. The van der Waals surface area contributed by atoms with E-state index in [1.807, 2.05) is 36.4 Å². The summed E-state index contributed by atoms with van der Waals surface area (Å²) in [6.45, 7) is 3.83. The highest BCUT2D eigenvalue weighted by molar-refractivity contribution is 14.1. The predicted octanol–water partition coefficient (Wildman–Crippen LogP) is 2.61. The van der Waals surface area contributed by atoms with Gasteiger partial charge in [-0.1, -0.05) is 0 Å². The molecule has 1 heterocycles. The molecule has 0 spiro atoms. The molecule has 2 nitrogen and oxygen atoms in total. The van der Waals surface area contributed by atoms with Crippen molar-refractivity contribution in [3.05, 3.63) is 21.8 Å². The lowest BCUT2D eigenvalue weighted by Gasteiger charge is -2.10. The Bertz CT molecular complexity index is 278. The fourth-order valence-electron chi connectivity index (χ4n) is 0.736. The fourth-order valence-corrected chi connectivity index (χ4v) is 1.26. The molecule has 0 fully saturated rings. The van der Waals surface area contributed by atoms with E-state index in [2.05, 4.69) is 4.98 Å². The molecule has 0 N–H and O–H groups in total. The molecule has 66 valence electrons. The lowest BCUT2D eigenvalue weighted by Crippen LogP contribution is -2.07. The minimum absolute atomic E-state index is 0.0887. The van der Waals surface area contributed by atoms with Crippen LogP contribution in [0.15, 0.2) is 12.3 Å². The fraction of sp³-hybridized carbons (Fsp3) is 0.375. The van der Waals surface area contributed by atoms with Crippen LogP contribution in [0.2, 0.25) is 0 Å². The SMILES string of the molecule is CC(C)Oc1cnc(F)cc1I. The molecule has 0 aliphatic heterocycles. The number of nitrogens with zero attached hydrogens (tertiary/aromatic N) is 1. The molecule has 1 rings (SSSR count). The van der Waals surface area contributed by atoms with Crippen molar-refractivity contribution >= 4 is 22.6 Å². The van der Waals surface area contributed by atoms with Gasteiger partial charge in [0.2, 0.25) is 5.95 Å². The molecule has 1 aromatic heterocycles. The lowest BCUT2D eigenvalue weighted by molar-refractivity contribution is 0.239. The van der Waals surface area contributed by atoms with E-state index >= 15 is 0 Å². The van der Waals surface area contributed by atoms with Gasteiger partial charge in [0, 0.05) is 6.07 Å². The van der Waals surface area contributed by atoms with E-state index in [4.69, 9.17) is 4.74 Å². The maximum atomic E-state index is 12.5. The monoisotopic (exact) mass is 281 g/mol. The van der Waals surface area contributed by atoms with E-state index in [0.717, 1.165) is 3.57 Å². The van der Waals surface area contributed by atoms with Gasteiger partial charge in [0.05, 0.1) is 15.9 Å². The van der Waals surface area contributed by atoms with E-state index in [9.17, 15) is 4.39 Å². The van der Waals surface area contributed by atoms with Crippen molar-refractivity contribution in [3.8, 4) is 5.75 Å². The first kappa shape index (κ1) is 9.70. The molecule has 0 saturated heterocycles. The van der Waals surface area contributed by atoms with Crippen LogP contribution in [-0.2, 0) is 0 Å². The largest absolute Gasteiger partial charge is 0.488 e. The van der Waals surface area contributed by atoms with Crippen LogP contribution in [0.5, 0.6) is 5.75 Å². The van der Waals surface area contributed by atoms with E-state index in [-0.39, 0.29) is 6.10 Å². The van der Waals surface area contributed by atoms with Crippen molar-refractivity contribution in [2.75, 3.05) is 0 Å². The van der Waals surface area contributed by atoms with E-state index in [1.165, 1.54) is 12.3 Å². The standard InChI is InChI=1S/C8H9FINO/c1-5(2)12-7-4-11-8(9)3-6(7)10/h3-5H,1-2H3. The third-order valence-corrected chi connectivity index (χ3v) is 1.99. The Balaban J connectivity index is 2.86. The second-order valence-electron chi connectivity index (χ2n) is 2.60. The van der Waals surface area contributed by atoms with E-state index in [0.29, 0.717) is 5.75 Å². The van der Waals surface area contributed by atoms with Gasteiger partial charge in [0.25, 0.3) is 0 Å². The van der Waals surface area contributed by atoms with Crippen LogP contribution < -0.4 is 4.74 Å². The van der Waals surface area contributed by atoms with Gasteiger partial charge in [-0.15, -0.1) is 0 Å². The van der Waals surface area contributed by atoms with Gasteiger partial charge in [-0.25, -0.2) is 4.98 Å². The van der Waals surface area contributed by atoms with Crippen molar-refractivity contribution in [2.45, 2.75) is 20.0 Å². The number of rotatable bonds is 2. The molecule has 0 unspecified atom stereocenters. The van der Waals surface area contributed by atoms with Crippen LogP contribution in [0.4, 0.5) is 4.39 Å².